The van der Waals surface area contributed by atoms with Crippen LogP contribution in [0.5, 0.6) is 5.75 Å². The van der Waals surface area contributed by atoms with E-state index >= 15 is 0 Å². The fourth-order valence-electron chi connectivity index (χ4n) is 2.28. The second-order valence-electron chi connectivity index (χ2n) is 5.49. The Kier molecular flexibility index (Phi) is 3.07. The first kappa shape index (κ1) is 12.9. The lowest BCUT2D eigenvalue weighted by molar-refractivity contribution is 0.158. The largest absolute Gasteiger partial charge is 0.483 e. The van der Waals surface area contributed by atoms with E-state index in [4.69, 9.17) is 4.74 Å². The number of aromatic nitrogens is 1. The number of ether oxygens (including phenoxy) is 1. The van der Waals surface area contributed by atoms with Crippen molar-refractivity contribution in [2.24, 2.45) is 0 Å². The Hall–Kier alpha value is -2.13. The van der Waals surface area contributed by atoms with Gasteiger partial charge in [0.15, 0.2) is 0 Å². The second-order valence-corrected chi connectivity index (χ2v) is 5.49. The Morgan fingerprint density at radius 2 is 2.05 bits per heavy atom. The fourth-order valence-corrected chi connectivity index (χ4v) is 2.28. The molecule has 0 saturated carbocycles. The molecule has 0 fully saturated rings. The summed E-state index contributed by atoms with van der Waals surface area (Å²) in [6.45, 7) is 4.03. The first-order valence-electron chi connectivity index (χ1n) is 6.66. The SMILES string of the molecule is CC1(C)C=Cc2cc(C(O)c3ccccn3)ccc2O1. The van der Waals surface area contributed by atoms with Gasteiger partial charge in [-0.2, -0.15) is 0 Å². The van der Waals surface area contributed by atoms with E-state index in [-0.39, 0.29) is 5.60 Å². The van der Waals surface area contributed by atoms with Crippen molar-refractivity contribution in [3.63, 3.8) is 0 Å². The molecule has 1 atom stereocenters. The summed E-state index contributed by atoms with van der Waals surface area (Å²) in [5, 5.41) is 10.4. The summed E-state index contributed by atoms with van der Waals surface area (Å²) in [4.78, 5) is 4.19. The molecule has 0 radical (unpaired) electrons. The van der Waals surface area contributed by atoms with Crippen LogP contribution in [0.3, 0.4) is 0 Å². The number of fused-ring (bicyclic) bond motifs is 1. The maximum absolute atomic E-state index is 10.4. The molecule has 3 nitrogen and oxygen atoms in total. The molecule has 2 heterocycles. The lowest BCUT2D eigenvalue weighted by Gasteiger charge is -2.28. The Morgan fingerprint density at radius 1 is 1.20 bits per heavy atom. The average molecular weight is 267 g/mol. The smallest absolute Gasteiger partial charge is 0.127 e. The van der Waals surface area contributed by atoms with Gasteiger partial charge in [0.2, 0.25) is 0 Å². The molecule has 3 heteroatoms. The molecular formula is C17H17NO2. The summed E-state index contributed by atoms with van der Waals surface area (Å²) < 4.78 is 5.88. The van der Waals surface area contributed by atoms with Crippen molar-refractivity contribution in [3.8, 4) is 5.75 Å². The number of hydrogen-bond acceptors (Lipinski definition) is 3. The molecule has 0 amide bonds. The summed E-state index contributed by atoms with van der Waals surface area (Å²) in [7, 11) is 0. The van der Waals surface area contributed by atoms with Crippen LogP contribution >= 0.6 is 0 Å². The maximum atomic E-state index is 10.4. The van der Waals surface area contributed by atoms with Gasteiger partial charge in [0.05, 0.1) is 5.69 Å². The minimum atomic E-state index is -0.718. The van der Waals surface area contributed by atoms with Crippen molar-refractivity contribution in [2.75, 3.05) is 0 Å². The van der Waals surface area contributed by atoms with Crippen molar-refractivity contribution < 1.29 is 9.84 Å². The zero-order valence-electron chi connectivity index (χ0n) is 11.6. The van der Waals surface area contributed by atoms with Gasteiger partial charge < -0.3 is 9.84 Å². The molecule has 1 aliphatic rings. The lowest BCUT2D eigenvalue weighted by atomic mass is 9.98. The number of nitrogens with zero attached hydrogens (tertiary/aromatic N) is 1. The summed E-state index contributed by atoms with van der Waals surface area (Å²) in [6.07, 6.45) is 5.02. The highest BCUT2D eigenvalue weighted by molar-refractivity contribution is 5.62. The van der Waals surface area contributed by atoms with E-state index in [1.54, 1.807) is 6.20 Å². The summed E-state index contributed by atoms with van der Waals surface area (Å²) in [6, 6.07) is 11.3. The highest BCUT2D eigenvalue weighted by Crippen LogP contribution is 2.33. The highest BCUT2D eigenvalue weighted by Gasteiger charge is 2.22. The highest BCUT2D eigenvalue weighted by atomic mass is 16.5. The van der Waals surface area contributed by atoms with Gasteiger partial charge in [0, 0.05) is 11.8 Å². The molecule has 0 spiro atoms. The van der Waals surface area contributed by atoms with Gasteiger partial charge in [-0.3, -0.25) is 4.98 Å². The Balaban J connectivity index is 1.94. The molecule has 1 aliphatic heterocycles. The summed E-state index contributed by atoms with van der Waals surface area (Å²) in [5.74, 6) is 0.842. The molecule has 0 bridgehead atoms. The molecule has 1 unspecified atom stereocenters. The van der Waals surface area contributed by atoms with Crippen molar-refractivity contribution in [3.05, 3.63) is 65.5 Å². The summed E-state index contributed by atoms with van der Waals surface area (Å²) >= 11 is 0. The van der Waals surface area contributed by atoms with Crippen LogP contribution in [0, 0.1) is 0 Å². The van der Waals surface area contributed by atoms with E-state index in [2.05, 4.69) is 4.98 Å². The zero-order valence-corrected chi connectivity index (χ0v) is 11.6. The van der Waals surface area contributed by atoms with Gasteiger partial charge in [-0.1, -0.05) is 18.2 Å². The minimum absolute atomic E-state index is 0.284. The zero-order chi connectivity index (χ0) is 14.2. The predicted molar refractivity (Wildman–Crippen MR) is 78.5 cm³/mol. The number of hydrogen-bond donors (Lipinski definition) is 1. The lowest BCUT2D eigenvalue weighted by Crippen LogP contribution is -2.27. The minimum Gasteiger partial charge on any atom is -0.483 e. The number of benzene rings is 1. The van der Waals surface area contributed by atoms with Crippen LogP contribution in [-0.2, 0) is 0 Å². The molecule has 1 aromatic carbocycles. The van der Waals surface area contributed by atoms with Crippen LogP contribution < -0.4 is 4.74 Å². The molecular weight excluding hydrogens is 250 g/mol. The molecule has 1 aromatic heterocycles. The van der Waals surface area contributed by atoms with Crippen LogP contribution in [-0.4, -0.2) is 15.7 Å². The van der Waals surface area contributed by atoms with E-state index in [9.17, 15) is 5.11 Å². The van der Waals surface area contributed by atoms with Gasteiger partial charge >= 0.3 is 0 Å². The van der Waals surface area contributed by atoms with E-state index < -0.39 is 6.10 Å². The number of aliphatic hydroxyl groups is 1. The predicted octanol–water partition coefficient (Wildman–Crippen LogP) is 3.35. The fraction of sp³-hybridized carbons (Fsp3) is 0.235. The van der Waals surface area contributed by atoms with Crippen LogP contribution in [0.25, 0.3) is 6.08 Å². The summed E-state index contributed by atoms with van der Waals surface area (Å²) in [5.41, 5.74) is 2.16. The van der Waals surface area contributed by atoms with Crippen LogP contribution in [0.1, 0.15) is 36.8 Å². The monoisotopic (exact) mass is 267 g/mol. The standard InChI is InChI=1S/C17H17NO2/c1-17(2)9-8-12-11-13(6-7-15(12)20-17)16(19)14-5-3-4-10-18-14/h3-11,16,19H,1-2H3. The quantitative estimate of drug-likeness (QED) is 0.907. The molecule has 1 N–H and O–H groups in total. The maximum Gasteiger partial charge on any atom is 0.127 e. The number of aliphatic hydroxyl groups excluding tert-OH is 1. The van der Waals surface area contributed by atoms with E-state index in [0.29, 0.717) is 5.69 Å². The van der Waals surface area contributed by atoms with Crippen LogP contribution in [0.2, 0.25) is 0 Å². The van der Waals surface area contributed by atoms with Crippen molar-refractivity contribution in [2.45, 2.75) is 25.6 Å². The third kappa shape index (κ3) is 2.45. The molecule has 20 heavy (non-hydrogen) atoms. The van der Waals surface area contributed by atoms with Crippen LogP contribution in [0.4, 0.5) is 0 Å². The normalized spacial score (nSPS) is 17.1. The molecule has 0 saturated heterocycles. The third-order valence-electron chi connectivity index (χ3n) is 3.35. The first-order chi connectivity index (χ1) is 9.55. The van der Waals surface area contributed by atoms with Crippen molar-refractivity contribution in [1.82, 2.24) is 4.98 Å². The van der Waals surface area contributed by atoms with E-state index in [1.165, 1.54) is 0 Å². The van der Waals surface area contributed by atoms with Crippen LogP contribution in [0.15, 0.2) is 48.7 Å². The molecule has 102 valence electrons. The average Bonchev–Trinajstić information content (AvgIpc) is 2.46. The molecule has 3 rings (SSSR count). The molecule has 0 aliphatic carbocycles. The van der Waals surface area contributed by atoms with E-state index in [1.807, 2.05) is 62.4 Å². The Morgan fingerprint density at radius 3 is 2.80 bits per heavy atom. The topological polar surface area (TPSA) is 42.4 Å². The third-order valence-corrected chi connectivity index (χ3v) is 3.35. The number of pyridine rings is 1. The van der Waals surface area contributed by atoms with Gasteiger partial charge in [-0.05, 0) is 49.8 Å². The first-order valence-corrected chi connectivity index (χ1v) is 6.66. The number of rotatable bonds is 2. The Bertz CT molecular complexity index is 647. The Labute approximate surface area is 118 Å². The molecule has 2 aromatic rings. The van der Waals surface area contributed by atoms with Gasteiger partial charge in [-0.15, -0.1) is 0 Å². The van der Waals surface area contributed by atoms with E-state index in [0.717, 1.165) is 16.9 Å². The second kappa shape index (κ2) is 4.76. The van der Waals surface area contributed by atoms with Crippen molar-refractivity contribution in [1.29, 1.82) is 0 Å². The van der Waals surface area contributed by atoms with Gasteiger partial charge in [0.1, 0.15) is 17.5 Å². The van der Waals surface area contributed by atoms with Gasteiger partial charge in [-0.25, -0.2) is 0 Å². The van der Waals surface area contributed by atoms with Crippen molar-refractivity contribution >= 4 is 6.08 Å². The van der Waals surface area contributed by atoms with Gasteiger partial charge in [0.25, 0.3) is 0 Å².